The highest BCUT2D eigenvalue weighted by Gasteiger charge is 2.32. The van der Waals surface area contributed by atoms with E-state index in [2.05, 4.69) is 27.3 Å². The number of benzene rings is 2. The first-order chi connectivity index (χ1) is 18.3. The Morgan fingerprint density at radius 3 is 2.61 bits per heavy atom. The van der Waals surface area contributed by atoms with Crippen molar-refractivity contribution in [3.63, 3.8) is 0 Å². The molecule has 11 heteroatoms. The Morgan fingerprint density at radius 1 is 1.18 bits per heavy atom. The predicted molar refractivity (Wildman–Crippen MR) is 152 cm³/mol. The van der Waals surface area contributed by atoms with E-state index in [9.17, 15) is 18.5 Å². The maximum atomic E-state index is 13.8. The third-order valence-corrected chi connectivity index (χ3v) is 10.00. The summed E-state index contributed by atoms with van der Waals surface area (Å²) in [6, 6.07) is 18.4. The lowest BCUT2D eigenvalue weighted by Gasteiger charge is -2.35. The molecule has 0 amide bonds. The summed E-state index contributed by atoms with van der Waals surface area (Å²) in [4.78, 5) is 12.8. The van der Waals surface area contributed by atoms with Gasteiger partial charge in [0, 0.05) is 6.04 Å². The van der Waals surface area contributed by atoms with E-state index in [1.165, 1.54) is 11.3 Å². The lowest BCUT2D eigenvalue weighted by Crippen LogP contribution is -2.46. The van der Waals surface area contributed by atoms with E-state index in [-0.39, 0.29) is 30.8 Å². The fourth-order valence-electron chi connectivity index (χ4n) is 4.40. The first-order valence-corrected chi connectivity index (χ1v) is 15.4. The summed E-state index contributed by atoms with van der Waals surface area (Å²) < 4.78 is 40.3. The van der Waals surface area contributed by atoms with Crippen LogP contribution in [-0.4, -0.2) is 46.7 Å². The molecule has 200 valence electrons. The smallest absolute Gasteiger partial charge is 0.344 e. The topological polar surface area (TPSA) is 109 Å². The van der Waals surface area contributed by atoms with Crippen molar-refractivity contribution in [1.82, 2.24) is 5.32 Å². The minimum absolute atomic E-state index is 0.102. The summed E-state index contributed by atoms with van der Waals surface area (Å²) in [6.07, 6.45) is 1.40. The first-order valence-electron chi connectivity index (χ1n) is 12.2. The van der Waals surface area contributed by atoms with E-state index in [1.54, 1.807) is 17.3 Å². The van der Waals surface area contributed by atoms with Gasteiger partial charge in [-0.2, -0.15) is 5.26 Å². The van der Waals surface area contributed by atoms with Crippen LogP contribution in [0, 0.1) is 11.3 Å². The largest absolute Gasteiger partial charge is 0.478 e. The molecule has 8 nitrogen and oxygen atoms in total. The molecule has 2 aromatic carbocycles. The van der Waals surface area contributed by atoms with Gasteiger partial charge >= 0.3 is 5.97 Å². The number of thiophene rings is 1. The molecule has 3 aromatic rings. The van der Waals surface area contributed by atoms with Gasteiger partial charge in [-0.15, -0.1) is 11.3 Å². The Hall–Kier alpha value is -2.91. The first kappa shape index (κ1) is 28.1. The molecule has 0 radical (unpaired) electrons. The lowest BCUT2D eigenvalue weighted by atomic mass is 10.1. The maximum absolute atomic E-state index is 13.8. The normalized spacial score (nSPS) is 14.0. The fourth-order valence-corrected chi connectivity index (χ4v) is 8.10. The molecule has 1 saturated heterocycles. The number of esters is 1. The number of carbonyl (C=O) groups is 1. The highest BCUT2D eigenvalue weighted by Crippen LogP contribution is 2.46. The average molecular weight is 619 g/mol. The number of nitrogens with one attached hydrogen (secondary N) is 1. The number of rotatable bonds is 10. The van der Waals surface area contributed by atoms with Crippen LogP contribution in [0.3, 0.4) is 0 Å². The van der Waals surface area contributed by atoms with Crippen molar-refractivity contribution >= 4 is 48.9 Å². The molecule has 0 atom stereocenters. The zero-order valence-electron chi connectivity index (χ0n) is 20.9. The number of anilines is 1. The van der Waals surface area contributed by atoms with Crippen LogP contribution in [0.5, 0.6) is 5.75 Å². The van der Waals surface area contributed by atoms with Crippen LogP contribution in [0.1, 0.15) is 30.2 Å². The molecule has 4 rings (SSSR count). The lowest BCUT2D eigenvalue weighted by molar-refractivity contribution is -0.145. The Morgan fingerprint density at radius 2 is 1.92 bits per heavy atom. The van der Waals surface area contributed by atoms with E-state index in [1.807, 2.05) is 48.5 Å². The van der Waals surface area contributed by atoms with E-state index >= 15 is 0 Å². The number of hydrogen-bond donors (Lipinski definition) is 1. The number of hydrogen-bond acceptors (Lipinski definition) is 8. The average Bonchev–Trinajstić information content (AvgIpc) is 3.24. The van der Waals surface area contributed by atoms with Gasteiger partial charge in [0.25, 0.3) is 0 Å². The minimum atomic E-state index is -3.70. The third-order valence-electron chi connectivity index (χ3n) is 6.05. The number of halogens is 1. The van der Waals surface area contributed by atoms with Gasteiger partial charge in [0.1, 0.15) is 10.9 Å². The molecule has 0 unspecified atom stereocenters. The Balaban J connectivity index is 1.70. The van der Waals surface area contributed by atoms with Crippen molar-refractivity contribution in [2.24, 2.45) is 0 Å². The van der Waals surface area contributed by atoms with Crippen LogP contribution in [0.25, 0.3) is 10.4 Å². The molecule has 1 aliphatic rings. The van der Waals surface area contributed by atoms with Gasteiger partial charge in [-0.25, -0.2) is 13.2 Å². The molecule has 0 saturated carbocycles. The van der Waals surface area contributed by atoms with E-state index < -0.39 is 16.0 Å². The molecule has 0 bridgehead atoms. The van der Waals surface area contributed by atoms with Gasteiger partial charge in [0.05, 0.1) is 27.4 Å². The summed E-state index contributed by atoms with van der Waals surface area (Å²) in [5, 5.41) is 13.0. The zero-order chi connectivity index (χ0) is 27.1. The highest BCUT2D eigenvalue weighted by atomic mass is 79.9. The monoisotopic (exact) mass is 617 g/mol. The van der Waals surface area contributed by atoms with E-state index in [0.717, 1.165) is 24.2 Å². The quantitative estimate of drug-likeness (QED) is 0.316. The van der Waals surface area contributed by atoms with Crippen LogP contribution in [0.2, 0.25) is 0 Å². The summed E-state index contributed by atoms with van der Waals surface area (Å²) in [6.45, 7) is 3.10. The number of sulfonamides is 1. The second kappa shape index (κ2) is 12.8. The highest BCUT2D eigenvalue weighted by molar-refractivity contribution is 9.10. The standard InChI is InChI=1S/C27H28BrN3O5S2/c1-2-35-24(32)17-36-26-23(16-29)37-27(25(26)28)20-9-6-10-22(15-20)31(21-11-13-30-14-12-21)38(33,34)18-19-7-4-3-5-8-19/h3-10,15,21,30H,2,11-14,17-18H2,1H3. The van der Waals surface area contributed by atoms with Crippen molar-refractivity contribution in [3.05, 3.63) is 69.5 Å². The fraction of sp³-hybridized carbons (Fsp3) is 0.333. The van der Waals surface area contributed by atoms with E-state index in [4.69, 9.17) is 9.47 Å². The van der Waals surface area contributed by atoms with Gasteiger partial charge < -0.3 is 14.8 Å². The predicted octanol–water partition coefficient (Wildman–Crippen LogP) is 5.08. The Bertz CT molecular complexity index is 1410. The summed E-state index contributed by atoms with van der Waals surface area (Å²) in [7, 11) is -3.70. The van der Waals surface area contributed by atoms with Gasteiger partial charge in [0.15, 0.2) is 12.4 Å². The Kier molecular flexibility index (Phi) is 9.44. The van der Waals surface area contributed by atoms with Crippen molar-refractivity contribution in [1.29, 1.82) is 5.26 Å². The van der Waals surface area contributed by atoms with Gasteiger partial charge in [-0.05, 0) is 72.0 Å². The molecule has 38 heavy (non-hydrogen) atoms. The van der Waals surface area contributed by atoms with Crippen LogP contribution < -0.4 is 14.4 Å². The Labute approximate surface area is 235 Å². The molecule has 0 spiro atoms. The second-order valence-corrected chi connectivity index (χ2v) is 12.3. The van der Waals surface area contributed by atoms with Gasteiger partial charge in [-0.1, -0.05) is 42.5 Å². The van der Waals surface area contributed by atoms with Crippen molar-refractivity contribution < 1.29 is 22.7 Å². The number of piperidine rings is 1. The molecule has 2 heterocycles. The number of carbonyl (C=O) groups excluding carboxylic acids is 1. The molecular formula is C27H28BrN3O5S2. The second-order valence-electron chi connectivity index (χ2n) is 8.68. The van der Waals surface area contributed by atoms with Crippen LogP contribution in [0.4, 0.5) is 5.69 Å². The molecule has 1 aliphatic heterocycles. The SMILES string of the molecule is CCOC(=O)COc1c(C#N)sc(-c2cccc(N(C3CCNCC3)S(=O)(=O)Cc3ccccc3)c2)c1Br. The number of ether oxygens (including phenoxy) is 2. The summed E-state index contributed by atoms with van der Waals surface area (Å²) in [5.41, 5.74) is 2.03. The zero-order valence-corrected chi connectivity index (χ0v) is 24.1. The van der Waals surface area contributed by atoms with Gasteiger partial charge in [-0.3, -0.25) is 4.31 Å². The number of nitrogens with zero attached hydrogens (tertiary/aromatic N) is 2. The summed E-state index contributed by atoms with van der Waals surface area (Å²) >= 11 is 4.74. The molecule has 0 aliphatic carbocycles. The van der Waals surface area contributed by atoms with Crippen molar-refractivity contribution in [2.45, 2.75) is 31.6 Å². The third kappa shape index (κ3) is 6.56. The van der Waals surface area contributed by atoms with Crippen molar-refractivity contribution in [3.8, 4) is 22.3 Å². The van der Waals surface area contributed by atoms with Crippen molar-refractivity contribution in [2.75, 3.05) is 30.6 Å². The van der Waals surface area contributed by atoms with Gasteiger partial charge in [0.2, 0.25) is 10.0 Å². The molecule has 1 N–H and O–H groups in total. The maximum Gasteiger partial charge on any atom is 0.344 e. The molecule has 1 fully saturated rings. The van der Waals surface area contributed by atoms with Crippen LogP contribution in [0.15, 0.2) is 59.1 Å². The minimum Gasteiger partial charge on any atom is -0.478 e. The summed E-state index contributed by atoms with van der Waals surface area (Å²) in [5.74, 6) is -0.369. The van der Waals surface area contributed by atoms with Crippen LogP contribution >= 0.6 is 27.3 Å². The molecule has 1 aromatic heterocycles. The molecular weight excluding hydrogens is 590 g/mol. The van der Waals surface area contributed by atoms with E-state index in [0.29, 0.717) is 32.8 Å². The van der Waals surface area contributed by atoms with Crippen LogP contribution in [-0.2, 0) is 25.3 Å². The number of nitriles is 1.